The van der Waals surface area contributed by atoms with Crippen LogP contribution in [0.3, 0.4) is 0 Å². The number of benzene rings is 1. The molecule has 1 N–H and O–H groups in total. The topological polar surface area (TPSA) is 86.1 Å². The van der Waals surface area contributed by atoms with Gasteiger partial charge in [0.25, 0.3) is 5.91 Å². The first kappa shape index (κ1) is 20.1. The lowest BCUT2D eigenvalue weighted by atomic mass is 10.1. The summed E-state index contributed by atoms with van der Waals surface area (Å²) in [5, 5.41) is 10.1. The van der Waals surface area contributed by atoms with Crippen LogP contribution in [-0.4, -0.2) is 33.2 Å². The van der Waals surface area contributed by atoms with Gasteiger partial charge in [-0.05, 0) is 48.7 Å². The maximum Gasteiger partial charge on any atom is 0.339 e. The number of hydrogen-bond acceptors (Lipinski definition) is 6. The van der Waals surface area contributed by atoms with E-state index in [0.717, 1.165) is 4.88 Å². The van der Waals surface area contributed by atoms with Crippen LogP contribution < -0.4 is 5.32 Å². The Labute approximate surface area is 181 Å². The summed E-state index contributed by atoms with van der Waals surface area (Å²) in [6, 6.07) is 12.2. The number of nitrogens with zero attached hydrogens (tertiary/aromatic N) is 3. The van der Waals surface area contributed by atoms with Crippen LogP contribution in [0.15, 0.2) is 47.8 Å². The van der Waals surface area contributed by atoms with Crippen LogP contribution in [0.2, 0.25) is 5.02 Å². The van der Waals surface area contributed by atoms with E-state index < -0.39 is 18.5 Å². The minimum Gasteiger partial charge on any atom is -0.452 e. The lowest BCUT2D eigenvalue weighted by molar-refractivity contribution is -0.119. The second-order valence-electron chi connectivity index (χ2n) is 6.57. The number of amides is 1. The smallest absolute Gasteiger partial charge is 0.339 e. The molecule has 0 fully saturated rings. The van der Waals surface area contributed by atoms with Crippen molar-refractivity contribution in [3.8, 4) is 10.6 Å². The van der Waals surface area contributed by atoms with Gasteiger partial charge in [0.15, 0.2) is 12.3 Å². The minimum atomic E-state index is -0.609. The summed E-state index contributed by atoms with van der Waals surface area (Å²) < 4.78 is 6.92. The van der Waals surface area contributed by atoms with Crippen LogP contribution in [-0.2, 0) is 16.6 Å². The van der Waals surface area contributed by atoms with Crippen LogP contribution >= 0.6 is 22.9 Å². The van der Waals surface area contributed by atoms with Gasteiger partial charge in [-0.15, -0.1) is 11.3 Å². The number of fused-ring (bicyclic) bond motifs is 1. The van der Waals surface area contributed by atoms with E-state index in [0.29, 0.717) is 38.7 Å². The normalized spacial score (nSPS) is 10.9. The van der Waals surface area contributed by atoms with E-state index in [-0.39, 0.29) is 0 Å². The summed E-state index contributed by atoms with van der Waals surface area (Å²) >= 11 is 7.36. The Kier molecular flexibility index (Phi) is 5.52. The first-order chi connectivity index (χ1) is 14.4. The number of carbonyl (C=O) groups is 2. The molecule has 0 unspecified atom stereocenters. The number of anilines is 1. The van der Waals surface area contributed by atoms with Crippen LogP contribution in [0.5, 0.6) is 0 Å². The van der Waals surface area contributed by atoms with E-state index in [1.54, 1.807) is 49.0 Å². The van der Waals surface area contributed by atoms with Crippen molar-refractivity contribution in [2.24, 2.45) is 7.05 Å². The van der Waals surface area contributed by atoms with Gasteiger partial charge in [0.1, 0.15) is 0 Å². The molecule has 1 amide bonds. The average molecular weight is 441 g/mol. The third kappa shape index (κ3) is 4.05. The number of halogens is 1. The van der Waals surface area contributed by atoms with Gasteiger partial charge in [-0.3, -0.25) is 9.48 Å². The molecule has 3 aromatic heterocycles. The van der Waals surface area contributed by atoms with Crippen molar-refractivity contribution < 1.29 is 14.3 Å². The van der Waals surface area contributed by atoms with Crippen molar-refractivity contribution in [3.05, 3.63) is 64.1 Å². The van der Waals surface area contributed by atoms with Gasteiger partial charge in [0.2, 0.25) is 0 Å². The van der Waals surface area contributed by atoms with Crippen LogP contribution in [0.25, 0.3) is 21.6 Å². The van der Waals surface area contributed by atoms with Gasteiger partial charge in [-0.1, -0.05) is 17.7 Å². The lowest BCUT2D eigenvalue weighted by Crippen LogP contribution is -2.21. The number of thiophene rings is 1. The van der Waals surface area contributed by atoms with Crippen molar-refractivity contribution >= 4 is 51.5 Å². The number of nitrogens with one attached hydrogen (secondary N) is 1. The number of esters is 1. The molecule has 7 nitrogen and oxygen atoms in total. The first-order valence-electron chi connectivity index (χ1n) is 9.03. The van der Waals surface area contributed by atoms with Gasteiger partial charge < -0.3 is 10.1 Å². The molecule has 0 saturated carbocycles. The van der Waals surface area contributed by atoms with E-state index in [4.69, 9.17) is 16.3 Å². The quantitative estimate of drug-likeness (QED) is 0.463. The number of aryl methyl sites for hydroxylation is 2. The summed E-state index contributed by atoms with van der Waals surface area (Å²) in [5.74, 6) is -1.06. The third-order valence-electron chi connectivity index (χ3n) is 4.42. The molecule has 0 bridgehead atoms. The molecule has 0 aliphatic carbocycles. The average Bonchev–Trinajstić information content (AvgIpc) is 3.36. The predicted molar refractivity (Wildman–Crippen MR) is 117 cm³/mol. The highest BCUT2D eigenvalue weighted by atomic mass is 35.5. The van der Waals surface area contributed by atoms with Crippen molar-refractivity contribution in [1.82, 2.24) is 14.8 Å². The van der Waals surface area contributed by atoms with Gasteiger partial charge >= 0.3 is 5.97 Å². The molecule has 4 rings (SSSR count). The largest absolute Gasteiger partial charge is 0.452 e. The summed E-state index contributed by atoms with van der Waals surface area (Å²) in [6.07, 6.45) is 0. The lowest BCUT2D eigenvalue weighted by Gasteiger charge is -2.09. The fraction of sp³-hybridized carbons (Fsp3) is 0.143. The molecule has 4 aromatic rings. The fourth-order valence-corrected chi connectivity index (χ4v) is 3.91. The Bertz CT molecular complexity index is 1230. The molecule has 0 saturated heterocycles. The zero-order valence-electron chi connectivity index (χ0n) is 16.2. The Morgan fingerprint density at radius 3 is 2.70 bits per heavy atom. The number of hydrogen-bond donors (Lipinski definition) is 1. The standard InChI is InChI=1S/C21H17ClN4O3S/c1-12-19-15(10-16(17-4-3-9-30-17)24-20(19)26(2)25-12)21(28)29-11-18(27)23-14-7-5-13(22)6-8-14/h3-10H,11H2,1-2H3,(H,23,27). The van der Waals surface area contributed by atoms with Gasteiger partial charge in [0, 0.05) is 17.8 Å². The summed E-state index contributed by atoms with van der Waals surface area (Å²) in [7, 11) is 1.77. The molecule has 9 heteroatoms. The summed E-state index contributed by atoms with van der Waals surface area (Å²) in [6.45, 7) is 1.39. The summed E-state index contributed by atoms with van der Waals surface area (Å²) in [4.78, 5) is 30.6. The maximum absolute atomic E-state index is 12.9. The fourth-order valence-electron chi connectivity index (χ4n) is 3.10. The number of ether oxygens (including phenoxy) is 1. The van der Waals surface area contributed by atoms with Gasteiger partial charge in [-0.2, -0.15) is 5.10 Å². The number of aromatic nitrogens is 3. The molecule has 0 aliphatic rings. The van der Waals surface area contributed by atoms with Crippen molar-refractivity contribution in [3.63, 3.8) is 0 Å². The van der Waals surface area contributed by atoms with E-state index in [1.165, 1.54) is 11.3 Å². The van der Waals surface area contributed by atoms with Crippen LogP contribution in [0.4, 0.5) is 5.69 Å². The molecular weight excluding hydrogens is 424 g/mol. The third-order valence-corrected chi connectivity index (χ3v) is 5.57. The van der Waals surface area contributed by atoms with Crippen LogP contribution in [0, 0.1) is 6.92 Å². The van der Waals surface area contributed by atoms with Crippen molar-refractivity contribution in [2.75, 3.05) is 11.9 Å². The molecular formula is C21H17ClN4O3S. The number of pyridine rings is 1. The molecule has 0 aliphatic heterocycles. The minimum absolute atomic E-state index is 0.327. The molecule has 0 atom stereocenters. The van der Waals surface area contributed by atoms with Crippen molar-refractivity contribution in [2.45, 2.75) is 6.92 Å². The van der Waals surface area contributed by atoms with Gasteiger partial charge in [0.05, 0.1) is 27.2 Å². The number of carbonyl (C=O) groups excluding carboxylic acids is 2. The van der Waals surface area contributed by atoms with E-state index in [1.807, 2.05) is 17.5 Å². The molecule has 30 heavy (non-hydrogen) atoms. The Hall–Kier alpha value is -3.23. The summed E-state index contributed by atoms with van der Waals surface area (Å²) in [5.41, 5.74) is 2.78. The monoisotopic (exact) mass is 440 g/mol. The maximum atomic E-state index is 12.9. The van der Waals surface area contributed by atoms with E-state index >= 15 is 0 Å². The molecule has 3 heterocycles. The predicted octanol–water partition coefficient (Wildman–Crippen LogP) is 4.45. The van der Waals surface area contributed by atoms with E-state index in [9.17, 15) is 9.59 Å². The van der Waals surface area contributed by atoms with Crippen molar-refractivity contribution in [1.29, 1.82) is 0 Å². The molecule has 1 aromatic carbocycles. The Balaban J connectivity index is 1.57. The molecule has 152 valence electrons. The van der Waals surface area contributed by atoms with E-state index in [2.05, 4.69) is 15.4 Å². The zero-order valence-corrected chi connectivity index (χ0v) is 17.8. The number of rotatable bonds is 5. The highest BCUT2D eigenvalue weighted by Crippen LogP contribution is 2.29. The zero-order chi connectivity index (χ0) is 21.3. The SMILES string of the molecule is Cc1nn(C)c2nc(-c3cccs3)cc(C(=O)OCC(=O)Nc3ccc(Cl)cc3)c12. The first-order valence-corrected chi connectivity index (χ1v) is 10.3. The second kappa shape index (κ2) is 8.25. The van der Waals surface area contributed by atoms with Gasteiger partial charge in [-0.25, -0.2) is 9.78 Å². The van der Waals surface area contributed by atoms with Crippen LogP contribution in [0.1, 0.15) is 16.1 Å². The molecule has 0 spiro atoms. The highest BCUT2D eigenvalue weighted by Gasteiger charge is 2.21. The second-order valence-corrected chi connectivity index (χ2v) is 7.96. The highest BCUT2D eigenvalue weighted by molar-refractivity contribution is 7.13. The molecule has 0 radical (unpaired) electrons. The Morgan fingerprint density at radius 1 is 1.23 bits per heavy atom. The Morgan fingerprint density at radius 2 is 2.00 bits per heavy atom.